The number of benzene rings is 2. The van der Waals surface area contributed by atoms with Gasteiger partial charge < -0.3 is 0 Å². The Morgan fingerprint density at radius 3 is 1.86 bits per heavy atom. The van der Waals surface area contributed by atoms with Crippen molar-refractivity contribution in [2.45, 2.75) is 20.8 Å². The van der Waals surface area contributed by atoms with E-state index in [2.05, 4.69) is 58.3 Å². The molecule has 3 rings (SSSR count). The molecular weight excluding hydrogens is 258 g/mol. The SMILES string of the molecule is Cc1cccc(-c2cccc(-c3nc(C)nc(C)n3)c2)c1. The molecule has 2 aromatic carbocycles. The molecule has 0 spiro atoms. The number of nitrogens with zero attached hydrogens (tertiary/aromatic N) is 3. The van der Waals surface area contributed by atoms with E-state index in [1.165, 1.54) is 16.7 Å². The molecule has 0 saturated heterocycles. The van der Waals surface area contributed by atoms with Crippen LogP contribution in [0.15, 0.2) is 48.5 Å². The molecule has 0 saturated carbocycles. The first-order valence-corrected chi connectivity index (χ1v) is 6.98. The zero-order chi connectivity index (χ0) is 14.8. The molecule has 0 aliphatic carbocycles. The van der Waals surface area contributed by atoms with Crippen LogP contribution < -0.4 is 0 Å². The van der Waals surface area contributed by atoms with Crippen LogP contribution >= 0.6 is 0 Å². The van der Waals surface area contributed by atoms with Gasteiger partial charge in [0.05, 0.1) is 0 Å². The first kappa shape index (κ1) is 13.4. The molecule has 0 atom stereocenters. The van der Waals surface area contributed by atoms with Gasteiger partial charge in [0, 0.05) is 5.56 Å². The Labute approximate surface area is 124 Å². The second-order valence-electron chi connectivity index (χ2n) is 5.20. The monoisotopic (exact) mass is 275 g/mol. The molecule has 0 fully saturated rings. The van der Waals surface area contributed by atoms with Gasteiger partial charge in [0.15, 0.2) is 5.82 Å². The van der Waals surface area contributed by atoms with Gasteiger partial charge in [0.1, 0.15) is 11.6 Å². The number of hydrogen-bond acceptors (Lipinski definition) is 3. The fraction of sp³-hybridized carbons (Fsp3) is 0.167. The van der Waals surface area contributed by atoms with E-state index in [4.69, 9.17) is 0 Å². The summed E-state index contributed by atoms with van der Waals surface area (Å²) in [5, 5.41) is 0. The minimum absolute atomic E-state index is 0.731. The van der Waals surface area contributed by atoms with Crippen molar-refractivity contribution in [2.24, 2.45) is 0 Å². The summed E-state index contributed by atoms with van der Waals surface area (Å²) in [6, 6.07) is 16.8. The Hall–Kier alpha value is -2.55. The van der Waals surface area contributed by atoms with Crippen molar-refractivity contribution in [1.82, 2.24) is 15.0 Å². The van der Waals surface area contributed by atoms with E-state index < -0.39 is 0 Å². The van der Waals surface area contributed by atoms with Crippen LogP contribution in [0.25, 0.3) is 22.5 Å². The van der Waals surface area contributed by atoms with E-state index >= 15 is 0 Å². The molecule has 0 bridgehead atoms. The highest BCUT2D eigenvalue weighted by molar-refractivity contribution is 5.70. The lowest BCUT2D eigenvalue weighted by Crippen LogP contribution is -1.98. The molecule has 0 unspecified atom stereocenters. The average molecular weight is 275 g/mol. The molecule has 1 heterocycles. The highest BCUT2D eigenvalue weighted by Gasteiger charge is 2.06. The van der Waals surface area contributed by atoms with E-state index in [-0.39, 0.29) is 0 Å². The number of hydrogen-bond donors (Lipinski definition) is 0. The van der Waals surface area contributed by atoms with E-state index in [9.17, 15) is 0 Å². The maximum absolute atomic E-state index is 4.43. The number of aryl methyl sites for hydroxylation is 3. The summed E-state index contributed by atoms with van der Waals surface area (Å²) >= 11 is 0. The smallest absolute Gasteiger partial charge is 0.163 e. The van der Waals surface area contributed by atoms with Gasteiger partial charge in [-0.1, -0.05) is 48.0 Å². The summed E-state index contributed by atoms with van der Waals surface area (Å²) in [5.41, 5.74) is 4.65. The molecule has 0 aliphatic heterocycles. The fourth-order valence-corrected chi connectivity index (χ4v) is 2.41. The maximum atomic E-state index is 4.43. The summed E-state index contributed by atoms with van der Waals surface area (Å²) < 4.78 is 0. The molecule has 3 nitrogen and oxygen atoms in total. The third kappa shape index (κ3) is 2.97. The summed E-state index contributed by atoms with van der Waals surface area (Å²) in [5.74, 6) is 2.23. The number of rotatable bonds is 2. The van der Waals surface area contributed by atoms with Gasteiger partial charge in [-0.3, -0.25) is 0 Å². The molecule has 3 aromatic rings. The topological polar surface area (TPSA) is 38.7 Å². The summed E-state index contributed by atoms with van der Waals surface area (Å²) in [6.07, 6.45) is 0. The lowest BCUT2D eigenvalue weighted by atomic mass is 10.0. The molecule has 0 radical (unpaired) electrons. The van der Waals surface area contributed by atoms with Gasteiger partial charge in [-0.25, -0.2) is 15.0 Å². The lowest BCUT2D eigenvalue weighted by Gasteiger charge is -2.07. The highest BCUT2D eigenvalue weighted by Crippen LogP contribution is 2.25. The van der Waals surface area contributed by atoms with Crippen molar-refractivity contribution >= 4 is 0 Å². The summed E-state index contributed by atoms with van der Waals surface area (Å²) in [4.78, 5) is 13.1. The van der Waals surface area contributed by atoms with Crippen LogP contribution in [0.4, 0.5) is 0 Å². The van der Waals surface area contributed by atoms with Crippen LogP contribution in [0, 0.1) is 20.8 Å². The lowest BCUT2D eigenvalue weighted by molar-refractivity contribution is 0.928. The summed E-state index contributed by atoms with van der Waals surface area (Å²) in [7, 11) is 0. The molecule has 21 heavy (non-hydrogen) atoms. The third-order valence-corrected chi connectivity index (χ3v) is 3.33. The fourth-order valence-electron chi connectivity index (χ4n) is 2.41. The van der Waals surface area contributed by atoms with Gasteiger partial charge >= 0.3 is 0 Å². The van der Waals surface area contributed by atoms with E-state index in [1.807, 2.05) is 26.0 Å². The Bertz CT molecular complexity index is 774. The van der Waals surface area contributed by atoms with Crippen molar-refractivity contribution in [3.8, 4) is 22.5 Å². The van der Waals surface area contributed by atoms with Crippen LogP contribution in [0.3, 0.4) is 0 Å². The molecule has 0 amide bonds. The van der Waals surface area contributed by atoms with Gasteiger partial charge in [-0.15, -0.1) is 0 Å². The molecule has 104 valence electrons. The minimum Gasteiger partial charge on any atom is -0.219 e. The van der Waals surface area contributed by atoms with Gasteiger partial charge in [0.25, 0.3) is 0 Å². The molecular formula is C18H17N3. The van der Waals surface area contributed by atoms with Gasteiger partial charge in [-0.2, -0.15) is 0 Å². The Kier molecular flexibility index (Phi) is 3.48. The van der Waals surface area contributed by atoms with Crippen LogP contribution in [0.1, 0.15) is 17.2 Å². The zero-order valence-electron chi connectivity index (χ0n) is 12.5. The predicted octanol–water partition coefficient (Wildman–Crippen LogP) is 4.13. The second-order valence-corrected chi connectivity index (χ2v) is 5.20. The molecule has 3 heteroatoms. The Balaban J connectivity index is 2.08. The first-order valence-electron chi connectivity index (χ1n) is 6.98. The largest absolute Gasteiger partial charge is 0.219 e. The molecule has 0 N–H and O–H groups in total. The second kappa shape index (κ2) is 5.44. The van der Waals surface area contributed by atoms with E-state index in [0.29, 0.717) is 0 Å². The van der Waals surface area contributed by atoms with E-state index in [1.54, 1.807) is 0 Å². The number of aromatic nitrogens is 3. The quantitative estimate of drug-likeness (QED) is 0.705. The van der Waals surface area contributed by atoms with Gasteiger partial charge in [0.2, 0.25) is 0 Å². The van der Waals surface area contributed by atoms with Crippen molar-refractivity contribution in [3.05, 3.63) is 65.7 Å². The predicted molar refractivity (Wildman–Crippen MR) is 84.9 cm³/mol. The molecule has 1 aromatic heterocycles. The van der Waals surface area contributed by atoms with E-state index in [0.717, 1.165) is 23.0 Å². The average Bonchev–Trinajstić information content (AvgIpc) is 2.46. The summed E-state index contributed by atoms with van der Waals surface area (Å²) in [6.45, 7) is 5.89. The normalized spacial score (nSPS) is 10.6. The van der Waals surface area contributed by atoms with Crippen molar-refractivity contribution in [1.29, 1.82) is 0 Å². The standard InChI is InChI=1S/C18H17N3/c1-12-6-4-7-15(10-12)16-8-5-9-17(11-16)18-20-13(2)19-14(3)21-18/h4-11H,1-3H3. The van der Waals surface area contributed by atoms with Gasteiger partial charge in [-0.05, 0) is 38.0 Å². The minimum atomic E-state index is 0.731. The van der Waals surface area contributed by atoms with Crippen molar-refractivity contribution in [2.75, 3.05) is 0 Å². The maximum Gasteiger partial charge on any atom is 0.163 e. The van der Waals surface area contributed by atoms with Crippen LogP contribution in [-0.2, 0) is 0 Å². The van der Waals surface area contributed by atoms with Crippen LogP contribution in [0.5, 0.6) is 0 Å². The van der Waals surface area contributed by atoms with Crippen LogP contribution in [0.2, 0.25) is 0 Å². The highest BCUT2D eigenvalue weighted by atomic mass is 15.0. The van der Waals surface area contributed by atoms with Crippen molar-refractivity contribution < 1.29 is 0 Å². The van der Waals surface area contributed by atoms with Crippen molar-refractivity contribution in [3.63, 3.8) is 0 Å². The van der Waals surface area contributed by atoms with Crippen LogP contribution in [-0.4, -0.2) is 15.0 Å². The zero-order valence-corrected chi connectivity index (χ0v) is 12.5. The Morgan fingerprint density at radius 2 is 1.19 bits per heavy atom. The molecule has 0 aliphatic rings. The Morgan fingerprint density at radius 1 is 0.619 bits per heavy atom. The first-order chi connectivity index (χ1) is 10.1. The third-order valence-electron chi connectivity index (χ3n) is 3.33.